The van der Waals surface area contributed by atoms with Gasteiger partial charge in [-0.25, -0.2) is 18.7 Å². The van der Waals surface area contributed by atoms with Crippen molar-refractivity contribution in [2.45, 2.75) is 39.7 Å². The number of aryl methyl sites for hydroxylation is 1. The molecule has 0 saturated carbocycles. The standard InChI is InChI=1S/C21H24F2N6O2/c1-5-28(15(3)13-31-18-9-7-16(12-24-18)21(4,22)23)20(30)19-17(8-6-14(2)27-19)29-25-10-11-26-29/h6-12,15H,5,13H2,1-4H3/t15-/m0/s1. The topological polar surface area (TPSA) is 86.0 Å². The highest BCUT2D eigenvalue weighted by Crippen LogP contribution is 2.27. The third-order valence-corrected chi connectivity index (χ3v) is 4.70. The smallest absolute Gasteiger partial charge is 0.275 e. The Morgan fingerprint density at radius 1 is 1.23 bits per heavy atom. The second kappa shape index (κ2) is 9.15. The van der Waals surface area contributed by atoms with E-state index in [1.54, 1.807) is 24.0 Å². The molecule has 0 aromatic carbocycles. The lowest BCUT2D eigenvalue weighted by atomic mass is 10.2. The van der Waals surface area contributed by atoms with Gasteiger partial charge in [-0.2, -0.15) is 10.2 Å². The molecule has 1 atom stereocenters. The van der Waals surface area contributed by atoms with Crippen LogP contribution in [0.15, 0.2) is 42.9 Å². The van der Waals surface area contributed by atoms with Gasteiger partial charge in [-0.05, 0) is 39.0 Å². The Morgan fingerprint density at radius 2 is 1.94 bits per heavy atom. The minimum Gasteiger partial charge on any atom is -0.475 e. The highest BCUT2D eigenvalue weighted by Gasteiger charge is 2.26. The summed E-state index contributed by atoms with van der Waals surface area (Å²) in [6, 6.07) is 5.87. The summed E-state index contributed by atoms with van der Waals surface area (Å²) in [5, 5.41) is 8.20. The number of pyridine rings is 2. The summed E-state index contributed by atoms with van der Waals surface area (Å²) >= 11 is 0. The average Bonchev–Trinajstić information content (AvgIpc) is 3.27. The number of carbonyl (C=O) groups excluding carboxylic acids is 1. The van der Waals surface area contributed by atoms with E-state index in [2.05, 4.69) is 20.2 Å². The third kappa shape index (κ3) is 5.19. The maximum Gasteiger partial charge on any atom is 0.275 e. The average molecular weight is 430 g/mol. The summed E-state index contributed by atoms with van der Waals surface area (Å²) in [4.78, 5) is 24.6. The molecular formula is C21H24F2N6O2. The predicted molar refractivity (Wildman–Crippen MR) is 109 cm³/mol. The summed E-state index contributed by atoms with van der Waals surface area (Å²) in [5.74, 6) is -3.05. The fourth-order valence-corrected chi connectivity index (χ4v) is 3.02. The van der Waals surface area contributed by atoms with Crippen LogP contribution < -0.4 is 4.74 Å². The molecule has 0 N–H and O–H groups in total. The van der Waals surface area contributed by atoms with Crippen LogP contribution in [-0.4, -0.2) is 55.0 Å². The van der Waals surface area contributed by atoms with Crippen LogP contribution >= 0.6 is 0 Å². The van der Waals surface area contributed by atoms with Crippen molar-refractivity contribution in [2.24, 2.45) is 0 Å². The van der Waals surface area contributed by atoms with Crippen LogP contribution in [-0.2, 0) is 5.92 Å². The monoisotopic (exact) mass is 430 g/mol. The molecule has 0 radical (unpaired) electrons. The normalized spacial score (nSPS) is 12.5. The lowest BCUT2D eigenvalue weighted by Gasteiger charge is -2.28. The van der Waals surface area contributed by atoms with Crippen LogP contribution in [0.5, 0.6) is 5.88 Å². The molecule has 8 nitrogen and oxygen atoms in total. The molecule has 0 spiro atoms. The molecule has 3 heterocycles. The number of nitrogens with zero attached hydrogens (tertiary/aromatic N) is 6. The number of alkyl halides is 2. The van der Waals surface area contributed by atoms with Gasteiger partial charge in [-0.15, -0.1) is 4.80 Å². The summed E-state index contributed by atoms with van der Waals surface area (Å²) in [6.45, 7) is 6.85. The fraction of sp³-hybridized carbons (Fsp3) is 0.381. The summed E-state index contributed by atoms with van der Waals surface area (Å²) < 4.78 is 32.3. The quantitative estimate of drug-likeness (QED) is 0.544. The van der Waals surface area contributed by atoms with Crippen molar-refractivity contribution in [3.8, 4) is 11.6 Å². The van der Waals surface area contributed by atoms with Gasteiger partial charge < -0.3 is 9.64 Å². The fourth-order valence-electron chi connectivity index (χ4n) is 3.02. The van der Waals surface area contributed by atoms with Gasteiger partial charge in [-0.1, -0.05) is 0 Å². The van der Waals surface area contributed by atoms with E-state index >= 15 is 0 Å². The van der Waals surface area contributed by atoms with Gasteiger partial charge in [0, 0.05) is 37.0 Å². The Bertz CT molecular complexity index is 1020. The maximum absolute atomic E-state index is 13.3. The zero-order chi connectivity index (χ0) is 22.6. The number of aromatic nitrogens is 5. The third-order valence-electron chi connectivity index (χ3n) is 4.70. The zero-order valence-corrected chi connectivity index (χ0v) is 17.8. The number of rotatable bonds is 8. The lowest BCUT2D eigenvalue weighted by Crippen LogP contribution is -2.42. The van der Waals surface area contributed by atoms with Crippen LogP contribution in [0.4, 0.5) is 8.78 Å². The summed E-state index contributed by atoms with van der Waals surface area (Å²) in [6.07, 6.45) is 4.13. The van der Waals surface area contributed by atoms with Gasteiger partial charge in [0.1, 0.15) is 12.3 Å². The molecule has 3 aromatic rings. The molecule has 0 aliphatic heterocycles. The number of ether oxygens (including phenoxy) is 1. The molecule has 0 aliphatic carbocycles. The SMILES string of the molecule is CCN(C(=O)c1nc(C)ccc1-n1nccn1)[C@@H](C)COc1ccc(C(C)(F)F)cn1. The molecular weight excluding hydrogens is 406 g/mol. The molecule has 0 bridgehead atoms. The molecule has 0 aliphatic rings. The van der Waals surface area contributed by atoms with E-state index in [-0.39, 0.29) is 35.7 Å². The molecule has 0 unspecified atom stereocenters. The van der Waals surface area contributed by atoms with Crippen LogP contribution in [0.1, 0.15) is 42.5 Å². The molecule has 3 aromatic heterocycles. The number of likely N-dealkylation sites (N-methyl/N-ethyl adjacent to an activating group) is 1. The van der Waals surface area contributed by atoms with E-state index in [0.29, 0.717) is 17.9 Å². The zero-order valence-electron chi connectivity index (χ0n) is 17.8. The number of halogens is 2. The summed E-state index contributed by atoms with van der Waals surface area (Å²) in [5.41, 5.74) is 1.21. The Balaban J connectivity index is 1.74. The molecule has 0 saturated heterocycles. The first-order valence-electron chi connectivity index (χ1n) is 9.83. The minimum atomic E-state index is -2.97. The van der Waals surface area contributed by atoms with Crippen LogP contribution in [0, 0.1) is 6.92 Å². The molecule has 1 amide bonds. The largest absolute Gasteiger partial charge is 0.475 e. The first-order chi connectivity index (χ1) is 14.7. The van der Waals surface area contributed by atoms with E-state index in [9.17, 15) is 13.6 Å². The predicted octanol–water partition coefficient (Wildman–Crippen LogP) is 3.41. The van der Waals surface area contributed by atoms with Crippen LogP contribution in [0.25, 0.3) is 5.69 Å². The van der Waals surface area contributed by atoms with Crippen molar-refractivity contribution < 1.29 is 18.3 Å². The highest BCUT2D eigenvalue weighted by atomic mass is 19.3. The van der Waals surface area contributed by atoms with Crippen molar-refractivity contribution in [1.29, 1.82) is 0 Å². The molecule has 10 heteroatoms. The number of carbonyl (C=O) groups is 1. The number of hydrogen-bond donors (Lipinski definition) is 0. The molecule has 31 heavy (non-hydrogen) atoms. The summed E-state index contributed by atoms with van der Waals surface area (Å²) in [7, 11) is 0. The first-order valence-corrected chi connectivity index (χ1v) is 9.83. The Labute approximate surface area is 178 Å². The van der Waals surface area contributed by atoms with E-state index in [1.807, 2.05) is 13.8 Å². The second-order valence-electron chi connectivity index (χ2n) is 7.16. The van der Waals surface area contributed by atoms with Crippen molar-refractivity contribution in [1.82, 2.24) is 29.9 Å². The van der Waals surface area contributed by atoms with Gasteiger partial charge in [-0.3, -0.25) is 4.79 Å². The van der Waals surface area contributed by atoms with Crippen LogP contribution in [0.3, 0.4) is 0 Å². The van der Waals surface area contributed by atoms with Gasteiger partial charge >= 0.3 is 0 Å². The van der Waals surface area contributed by atoms with E-state index in [0.717, 1.165) is 13.1 Å². The molecule has 3 rings (SSSR count). The van der Waals surface area contributed by atoms with Crippen molar-refractivity contribution in [2.75, 3.05) is 13.2 Å². The Morgan fingerprint density at radius 3 is 2.52 bits per heavy atom. The van der Waals surface area contributed by atoms with E-state index < -0.39 is 5.92 Å². The van der Waals surface area contributed by atoms with Gasteiger partial charge in [0.15, 0.2) is 5.69 Å². The van der Waals surface area contributed by atoms with Crippen molar-refractivity contribution >= 4 is 5.91 Å². The van der Waals surface area contributed by atoms with E-state index in [4.69, 9.17) is 4.74 Å². The van der Waals surface area contributed by atoms with E-state index in [1.165, 1.54) is 29.3 Å². The van der Waals surface area contributed by atoms with Gasteiger partial charge in [0.25, 0.3) is 11.8 Å². The first kappa shape index (κ1) is 22.3. The highest BCUT2D eigenvalue weighted by molar-refractivity contribution is 5.96. The Hall–Kier alpha value is -3.43. The van der Waals surface area contributed by atoms with Crippen molar-refractivity contribution in [3.05, 3.63) is 59.8 Å². The number of hydrogen-bond acceptors (Lipinski definition) is 6. The second-order valence-corrected chi connectivity index (χ2v) is 7.16. The molecule has 164 valence electrons. The van der Waals surface area contributed by atoms with Gasteiger partial charge in [0.05, 0.1) is 18.4 Å². The van der Waals surface area contributed by atoms with Crippen molar-refractivity contribution in [3.63, 3.8) is 0 Å². The maximum atomic E-state index is 13.3. The lowest BCUT2D eigenvalue weighted by molar-refractivity contribution is 0.0169. The van der Waals surface area contributed by atoms with Gasteiger partial charge in [0.2, 0.25) is 5.88 Å². The molecule has 0 fully saturated rings. The number of amides is 1. The minimum absolute atomic E-state index is 0.135. The van der Waals surface area contributed by atoms with Crippen LogP contribution in [0.2, 0.25) is 0 Å². The Kier molecular flexibility index (Phi) is 6.57.